The van der Waals surface area contributed by atoms with Crippen LogP contribution < -0.4 is 0 Å². The zero-order valence-corrected chi connectivity index (χ0v) is 23.4. The molecule has 0 aliphatic carbocycles. The molecule has 5 heteroatoms. The molecule has 42 heavy (non-hydrogen) atoms. The molecule has 0 unspecified atom stereocenters. The largest absolute Gasteiger partial charge is 0.294 e. The number of rotatable bonds is 2. The summed E-state index contributed by atoms with van der Waals surface area (Å²) in [5, 5.41) is 5.94. The second kappa shape index (κ2) is 9.53. The number of hydrogen-bond acceptors (Lipinski definition) is 3. The van der Waals surface area contributed by atoms with Gasteiger partial charge in [0.05, 0.1) is 27.6 Å². The van der Waals surface area contributed by atoms with E-state index in [0.717, 1.165) is 55.6 Å². The second-order valence-electron chi connectivity index (χ2n) is 10.2. The van der Waals surface area contributed by atoms with Crippen molar-refractivity contribution in [1.82, 2.24) is 23.9 Å². The van der Waals surface area contributed by atoms with E-state index in [4.69, 9.17) is 9.97 Å². The minimum absolute atomic E-state index is 0.872. The summed E-state index contributed by atoms with van der Waals surface area (Å²) in [4.78, 5) is 14.4. The lowest BCUT2D eigenvalue weighted by Crippen LogP contribution is -1.98. The van der Waals surface area contributed by atoms with Gasteiger partial charge in [-0.2, -0.15) is 0 Å². The molecule has 0 atom stereocenters. The summed E-state index contributed by atoms with van der Waals surface area (Å²) in [6, 6.07) is 38.4. The Labute approximate surface area is 242 Å². The first-order valence-corrected chi connectivity index (χ1v) is 14.4. The summed E-state index contributed by atoms with van der Waals surface area (Å²) in [5.74, 6) is 0.872. The summed E-state index contributed by atoms with van der Waals surface area (Å²) in [7, 11) is 0. The molecule has 0 spiro atoms. The monoisotopic (exact) mass is 541 g/mol. The summed E-state index contributed by atoms with van der Waals surface area (Å²) in [5.41, 5.74) is 8.60. The molecule has 4 aromatic carbocycles. The third-order valence-electron chi connectivity index (χ3n) is 8.03. The van der Waals surface area contributed by atoms with Crippen molar-refractivity contribution in [3.63, 3.8) is 0 Å². The Balaban J connectivity index is 0.00000131. The van der Waals surface area contributed by atoms with Crippen molar-refractivity contribution >= 4 is 60.2 Å². The molecule has 0 aliphatic rings. The molecule has 0 amide bonds. The van der Waals surface area contributed by atoms with Gasteiger partial charge in [0.2, 0.25) is 0 Å². The van der Waals surface area contributed by atoms with E-state index < -0.39 is 0 Å². The molecule has 0 N–H and O–H groups in total. The molecule has 9 rings (SSSR count). The topological polar surface area (TPSA) is 48.0 Å². The molecule has 0 radical (unpaired) electrons. The van der Waals surface area contributed by atoms with E-state index in [1.54, 1.807) is 6.20 Å². The molecule has 5 nitrogen and oxygen atoms in total. The maximum absolute atomic E-state index is 5.22. The average molecular weight is 542 g/mol. The minimum atomic E-state index is 0.872. The van der Waals surface area contributed by atoms with E-state index >= 15 is 0 Å². The Morgan fingerprint density at radius 2 is 1.31 bits per heavy atom. The Morgan fingerprint density at radius 1 is 0.548 bits per heavy atom. The third kappa shape index (κ3) is 3.40. The first-order chi connectivity index (χ1) is 20.9. The third-order valence-corrected chi connectivity index (χ3v) is 8.03. The predicted molar refractivity (Wildman–Crippen MR) is 174 cm³/mol. The number of hydrogen-bond donors (Lipinski definition) is 0. The van der Waals surface area contributed by atoms with Crippen molar-refractivity contribution < 1.29 is 0 Å². The fraction of sp³-hybridized carbons (Fsp3) is 0.0541. The van der Waals surface area contributed by atoms with Crippen LogP contribution in [0.25, 0.3) is 77.1 Å². The SMILES string of the molecule is CC.c1cncc(-c2ccnc(-n3c4ccccc4c4c5c(ccc43)c3ccccc3n3c4ccccc4nc53)c2)c1. The molecule has 5 heterocycles. The van der Waals surface area contributed by atoms with Gasteiger partial charge >= 0.3 is 0 Å². The smallest absolute Gasteiger partial charge is 0.147 e. The predicted octanol–water partition coefficient (Wildman–Crippen LogP) is 9.37. The van der Waals surface area contributed by atoms with Gasteiger partial charge in [-0.15, -0.1) is 0 Å². The van der Waals surface area contributed by atoms with Crippen LogP contribution in [0, 0.1) is 0 Å². The van der Waals surface area contributed by atoms with Crippen LogP contribution in [0.1, 0.15) is 13.8 Å². The minimum Gasteiger partial charge on any atom is -0.294 e. The van der Waals surface area contributed by atoms with Gasteiger partial charge in [0.1, 0.15) is 11.5 Å². The standard InChI is InChI=1S/C35H21N5.C2H6/c1-4-12-28-24(9-1)25-15-16-31-33(34(25)35-38-27-11-3-6-14-30(27)40(28)35)26-10-2-5-13-29(26)39(31)32-20-22(17-19-37-32)23-8-7-18-36-21-23;1-2/h1-21H;1-2H3. The lowest BCUT2D eigenvalue weighted by molar-refractivity contribution is 1.08. The Morgan fingerprint density at radius 3 is 2.14 bits per heavy atom. The zero-order chi connectivity index (χ0) is 28.2. The van der Waals surface area contributed by atoms with Gasteiger partial charge in [-0.05, 0) is 59.5 Å². The van der Waals surface area contributed by atoms with Gasteiger partial charge in [0, 0.05) is 45.7 Å². The number of benzene rings is 4. The van der Waals surface area contributed by atoms with Crippen LogP contribution in [-0.4, -0.2) is 23.9 Å². The van der Waals surface area contributed by atoms with Gasteiger partial charge < -0.3 is 0 Å². The quantitative estimate of drug-likeness (QED) is 0.205. The van der Waals surface area contributed by atoms with Gasteiger partial charge in [0.15, 0.2) is 0 Å². The lowest BCUT2D eigenvalue weighted by atomic mass is 10.0. The van der Waals surface area contributed by atoms with Crippen LogP contribution in [0.3, 0.4) is 0 Å². The highest BCUT2D eigenvalue weighted by molar-refractivity contribution is 6.29. The van der Waals surface area contributed by atoms with Crippen LogP contribution in [0.5, 0.6) is 0 Å². The molecule has 9 aromatic rings. The van der Waals surface area contributed by atoms with Crippen molar-refractivity contribution in [1.29, 1.82) is 0 Å². The van der Waals surface area contributed by atoms with Crippen LogP contribution in [0.4, 0.5) is 0 Å². The van der Waals surface area contributed by atoms with E-state index in [9.17, 15) is 0 Å². The van der Waals surface area contributed by atoms with Crippen LogP contribution in [0.15, 0.2) is 128 Å². The Kier molecular flexibility index (Phi) is 5.50. The molecule has 0 bridgehead atoms. The second-order valence-corrected chi connectivity index (χ2v) is 10.2. The van der Waals surface area contributed by atoms with Gasteiger partial charge in [-0.25, -0.2) is 9.97 Å². The molecule has 5 aromatic heterocycles. The van der Waals surface area contributed by atoms with Crippen molar-refractivity contribution in [3.8, 4) is 16.9 Å². The van der Waals surface area contributed by atoms with E-state index in [-0.39, 0.29) is 0 Å². The average Bonchev–Trinajstić information content (AvgIpc) is 3.63. The highest BCUT2D eigenvalue weighted by Gasteiger charge is 2.21. The maximum atomic E-state index is 5.22. The van der Waals surface area contributed by atoms with Crippen LogP contribution in [-0.2, 0) is 0 Å². The molecule has 0 saturated carbocycles. The first kappa shape index (κ1) is 24.3. The summed E-state index contributed by atoms with van der Waals surface area (Å²) in [6.07, 6.45) is 5.57. The van der Waals surface area contributed by atoms with E-state index in [2.05, 4.69) is 111 Å². The molecule has 0 saturated heterocycles. The summed E-state index contributed by atoms with van der Waals surface area (Å²) >= 11 is 0. The fourth-order valence-corrected chi connectivity index (χ4v) is 6.35. The van der Waals surface area contributed by atoms with Crippen LogP contribution >= 0.6 is 0 Å². The maximum Gasteiger partial charge on any atom is 0.147 e. The number of aromatic nitrogens is 5. The fourth-order valence-electron chi connectivity index (χ4n) is 6.35. The number of para-hydroxylation sites is 4. The summed E-state index contributed by atoms with van der Waals surface area (Å²) in [6.45, 7) is 4.00. The number of imidazole rings is 1. The van der Waals surface area contributed by atoms with Gasteiger partial charge in [-0.1, -0.05) is 74.5 Å². The number of fused-ring (bicyclic) bond motifs is 12. The van der Waals surface area contributed by atoms with Gasteiger partial charge in [-0.3, -0.25) is 14.0 Å². The highest BCUT2D eigenvalue weighted by Crippen LogP contribution is 2.41. The van der Waals surface area contributed by atoms with Crippen molar-refractivity contribution in [3.05, 3.63) is 128 Å². The zero-order valence-electron chi connectivity index (χ0n) is 23.4. The molecular formula is C37H27N5. The molecular weight excluding hydrogens is 514 g/mol. The molecule has 200 valence electrons. The Hall–Kier alpha value is -5.55. The van der Waals surface area contributed by atoms with Crippen LogP contribution in [0.2, 0.25) is 0 Å². The van der Waals surface area contributed by atoms with E-state index in [1.807, 2.05) is 38.4 Å². The molecule has 0 aliphatic heterocycles. The lowest BCUT2D eigenvalue weighted by Gasteiger charge is -2.11. The van der Waals surface area contributed by atoms with Crippen molar-refractivity contribution in [2.24, 2.45) is 0 Å². The summed E-state index contributed by atoms with van der Waals surface area (Å²) < 4.78 is 4.60. The normalized spacial score (nSPS) is 11.6. The molecule has 0 fully saturated rings. The van der Waals surface area contributed by atoms with Crippen molar-refractivity contribution in [2.75, 3.05) is 0 Å². The Bertz CT molecular complexity index is 2430. The van der Waals surface area contributed by atoms with Crippen molar-refractivity contribution in [2.45, 2.75) is 13.8 Å². The van der Waals surface area contributed by atoms with Gasteiger partial charge in [0.25, 0.3) is 0 Å². The number of nitrogens with zero attached hydrogens (tertiary/aromatic N) is 5. The van der Waals surface area contributed by atoms with E-state index in [1.165, 1.54) is 21.5 Å². The number of pyridine rings is 3. The first-order valence-electron chi connectivity index (χ1n) is 14.4. The van der Waals surface area contributed by atoms with E-state index in [0.29, 0.717) is 0 Å². The highest BCUT2D eigenvalue weighted by atomic mass is 15.1.